The van der Waals surface area contributed by atoms with Gasteiger partial charge in [0.1, 0.15) is 12.6 Å². The van der Waals surface area contributed by atoms with Crippen LogP contribution in [0, 0.1) is 6.92 Å². The van der Waals surface area contributed by atoms with Crippen LogP contribution in [0.1, 0.15) is 30.5 Å². The van der Waals surface area contributed by atoms with E-state index in [-0.39, 0.29) is 45.5 Å². The SMILES string of the molecule is Cc1ccc(S(=O)(=O)N(CC(=O)N(Cc2ccccc2Cl)[C@H](Cc2ccccc2)C(=O)NC(C)C)c2cc(Cl)ccc2Cl)cc1. The number of aryl methyl sites for hydroxylation is 1. The minimum atomic E-state index is -4.33. The summed E-state index contributed by atoms with van der Waals surface area (Å²) in [6, 6.07) is 25.8. The summed E-state index contributed by atoms with van der Waals surface area (Å²) in [5.41, 5.74) is 2.31. The molecule has 0 saturated heterocycles. The average molecular weight is 687 g/mol. The van der Waals surface area contributed by atoms with Crippen molar-refractivity contribution in [3.05, 3.63) is 129 Å². The van der Waals surface area contributed by atoms with E-state index in [0.717, 1.165) is 15.4 Å². The van der Waals surface area contributed by atoms with E-state index < -0.39 is 28.5 Å². The van der Waals surface area contributed by atoms with Gasteiger partial charge < -0.3 is 10.2 Å². The Morgan fingerprint density at radius 3 is 2.11 bits per heavy atom. The van der Waals surface area contributed by atoms with Crippen LogP contribution in [-0.2, 0) is 32.6 Å². The van der Waals surface area contributed by atoms with E-state index >= 15 is 0 Å². The molecule has 0 aliphatic rings. The quantitative estimate of drug-likeness (QED) is 0.169. The molecule has 45 heavy (non-hydrogen) atoms. The summed E-state index contributed by atoms with van der Waals surface area (Å²) in [4.78, 5) is 29.6. The van der Waals surface area contributed by atoms with Crippen molar-refractivity contribution in [1.82, 2.24) is 10.2 Å². The Bertz CT molecular complexity index is 1750. The van der Waals surface area contributed by atoms with Gasteiger partial charge in [0.05, 0.1) is 15.6 Å². The molecule has 7 nitrogen and oxygen atoms in total. The maximum Gasteiger partial charge on any atom is 0.264 e. The van der Waals surface area contributed by atoms with E-state index in [9.17, 15) is 18.0 Å². The van der Waals surface area contributed by atoms with Crippen molar-refractivity contribution < 1.29 is 18.0 Å². The Labute approximate surface area is 279 Å². The summed E-state index contributed by atoms with van der Waals surface area (Å²) in [6.07, 6.45) is 0.179. The maximum absolute atomic E-state index is 14.5. The predicted molar refractivity (Wildman–Crippen MR) is 181 cm³/mol. The standard InChI is InChI=1S/C34H34Cl3N3O4S/c1-23(2)38-34(42)32(19-25-9-5-4-6-10-25)39(21-26-11-7-8-12-29(26)36)33(41)22-40(31-20-27(35)15-18-30(31)37)45(43,44)28-16-13-24(3)14-17-28/h4-18,20,23,32H,19,21-22H2,1-3H3,(H,38,42)/t32-/m1/s1. The second kappa shape index (κ2) is 15.1. The lowest BCUT2D eigenvalue weighted by Crippen LogP contribution is -2.54. The Hall–Kier alpha value is -3.56. The van der Waals surface area contributed by atoms with E-state index in [1.165, 1.54) is 35.2 Å². The van der Waals surface area contributed by atoms with Crippen molar-refractivity contribution >= 4 is 62.3 Å². The Morgan fingerprint density at radius 1 is 0.822 bits per heavy atom. The average Bonchev–Trinajstić information content (AvgIpc) is 3.00. The molecule has 4 aromatic carbocycles. The summed E-state index contributed by atoms with van der Waals surface area (Å²) >= 11 is 19.3. The number of anilines is 1. The normalized spacial score (nSPS) is 12.1. The van der Waals surface area contributed by atoms with Crippen molar-refractivity contribution in [3.63, 3.8) is 0 Å². The molecule has 0 aliphatic carbocycles. The second-order valence-corrected chi connectivity index (χ2v) is 14.0. The fourth-order valence-electron chi connectivity index (χ4n) is 4.77. The molecule has 0 saturated carbocycles. The lowest BCUT2D eigenvalue weighted by molar-refractivity contribution is -0.140. The third kappa shape index (κ3) is 8.79. The van der Waals surface area contributed by atoms with Gasteiger partial charge in [-0.05, 0) is 68.3 Å². The number of carbonyl (C=O) groups is 2. The van der Waals surface area contributed by atoms with Crippen molar-refractivity contribution in [2.24, 2.45) is 0 Å². The molecule has 1 N–H and O–H groups in total. The number of nitrogens with one attached hydrogen (secondary N) is 1. The predicted octanol–water partition coefficient (Wildman–Crippen LogP) is 7.32. The minimum Gasteiger partial charge on any atom is -0.352 e. The molecule has 4 aromatic rings. The fraction of sp³-hybridized carbons (Fsp3) is 0.235. The first-order chi connectivity index (χ1) is 21.4. The van der Waals surface area contributed by atoms with Crippen LogP contribution in [0.5, 0.6) is 0 Å². The van der Waals surface area contributed by atoms with Gasteiger partial charge in [0, 0.05) is 29.1 Å². The Morgan fingerprint density at radius 2 is 1.47 bits per heavy atom. The zero-order valence-corrected chi connectivity index (χ0v) is 28.2. The molecule has 0 unspecified atom stereocenters. The Balaban J connectivity index is 1.84. The molecule has 2 amide bonds. The van der Waals surface area contributed by atoms with Gasteiger partial charge in [0.2, 0.25) is 11.8 Å². The molecule has 11 heteroatoms. The summed E-state index contributed by atoms with van der Waals surface area (Å²) in [5, 5.41) is 3.64. The first-order valence-corrected chi connectivity index (χ1v) is 16.9. The third-order valence-corrected chi connectivity index (χ3v) is 9.76. The second-order valence-electron chi connectivity index (χ2n) is 10.9. The summed E-state index contributed by atoms with van der Waals surface area (Å²) < 4.78 is 29.3. The maximum atomic E-state index is 14.5. The first-order valence-electron chi connectivity index (χ1n) is 14.3. The molecule has 4 rings (SSSR count). The highest BCUT2D eigenvalue weighted by molar-refractivity contribution is 7.92. The molecule has 236 valence electrons. The third-order valence-electron chi connectivity index (χ3n) is 7.07. The van der Waals surface area contributed by atoms with Gasteiger partial charge in [-0.2, -0.15) is 0 Å². The highest BCUT2D eigenvalue weighted by atomic mass is 35.5. The largest absolute Gasteiger partial charge is 0.352 e. The number of halogens is 3. The zero-order valence-electron chi connectivity index (χ0n) is 25.1. The smallest absolute Gasteiger partial charge is 0.264 e. The molecular weight excluding hydrogens is 653 g/mol. The van der Waals surface area contributed by atoms with Crippen LogP contribution in [-0.4, -0.2) is 43.8 Å². The molecule has 0 radical (unpaired) electrons. The fourth-order valence-corrected chi connectivity index (χ4v) is 6.83. The molecule has 0 bridgehead atoms. The number of sulfonamides is 1. The van der Waals surface area contributed by atoms with Gasteiger partial charge in [-0.15, -0.1) is 0 Å². The first kappa shape index (κ1) is 34.3. The molecule has 0 fully saturated rings. The highest BCUT2D eigenvalue weighted by Gasteiger charge is 2.35. The van der Waals surface area contributed by atoms with Gasteiger partial charge >= 0.3 is 0 Å². The highest BCUT2D eigenvalue weighted by Crippen LogP contribution is 2.33. The van der Waals surface area contributed by atoms with Crippen LogP contribution < -0.4 is 9.62 Å². The molecule has 0 aliphatic heterocycles. The molecule has 0 spiro atoms. The number of benzene rings is 4. The lowest BCUT2D eigenvalue weighted by atomic mass is 10.0. The molecular formula is C34H34Cl3N3O4S. The van der Waals surface area contributed by atoms with Gasteiger partial charge in [-0.25, -0.2) is 8.42 Å². The van der Waals surface area contributed by atoms with E-state index in [4.69, 9.17) is 34.8 Å². The van der Waals surface area contributed by atoms with Crippen LogP contribution in [0.4, 0.5) is 5.69 Å². The van der Waals surface area contributed by atoms with E-state index in [0.29, 0.717) is 10.6 Å². The van der Waals surface area contributed by atoms with Crippen molar-refractivity contribution in [2.75, 3.05) is 10.8 Å². The van der Waals surface area contributed by atoms with E-state index in [1.807, 2.05) is 51.1 Å². The Kier molecular flexibility index (Phi) is 11.6. The number of hydrogen-bond acceptors (Lipinski definition) is 4. The van der Waals surface area contributed by atoms with Gasteiger partial charge in [0.25, 0.3) is 10.0 Å². The molecule has 0 heterocycles. The number of amides is 2. The topological polar surface area (TPSA) is 86.8 Å². The van der Waals surface area contributed by atoms with E-state index in [1.54, 1.807) is 36.4 Å². The van der Waals surface area contributed by atoms with Gasteiger partial charge in [-0.3, -0.25) is 13.9 Å². The van der Waals surface area contributed by atoms with Crippen molar-refractivity contribution in [1.29, 1.82) is 0 Å². The monoisotopic (exact) mass is 685 g/mol. The van der Waals surface area contributed by atoms with Crippen LogP contribution in [0.15, 0.2) is 102 Å². The number of hydrogen-bond donors (Lipinski definition) is 1. The van der Waals surface area contributed by atoms with Crippen molar-refractivity contribution in [2.45, 2.75) is 50.7 Å². The summed E-state index contributed by atoms with van der Waals surface area (Å²) in [5.74, 6) is -1.02. The minimum absolute atomic E-state index is 0.0297. The number of nitrogens with zero attached hydrogens (tertiary/aromatic N) is 2. The van der Waals surface area contributed by atoms with Gasteiger partial charge in [0.15, 0.2) is 0 Å². The summed E-state index contributed by atoms with van der Waals surface area (Å²) in [6.45, 7) is 4.78. The van der Waals surface area contributed by atoms with Gasteiger partial charge in [-0.1, -0.05) is 101 Å². The molecule has 1 atom stereocenters. The summed E-state index contributed by atoms with van der Waals surface area (Å²) in [7, 11) is -4.33. The lowest BCUT2D eigenvalue weighted by Gasteiger charge is -2.34. The number of rotatable bonds is 12. The van der Waals surface area contributed by atoms with Crippen LogP contribution in [0.2, 0.25) is 15.1 Å². The zero-order chi connectivity index (χ0) is 32.7. The van der Waals surface area contributed by atoms with Crippen LogP contribution >= 0.6 is 34.8 Å². The molecule has 0 aromatic heterocycles. The van der Waals surface area contributed by atoms with E-state index in [2.05, 4.69) is 5.32 Å². The van der Waals surface area contributed by atoms with Crippen LogP contribution in [0.3, 0.4) is 0 Å². The van der Waals surface area contributed by atoms with Crippen LogP contribution in [0.25, 0.3) is 0 Å². The number of carbonyl (C=O) groups excluding carboxylic acids is 2. The van der Waals surface area contributed by atoms with Crippen molar-refractivity contribution in [3.8, 4) is 0 Å².